The van der Waals surface area contributed by atoms with Crippen LogP contribution in [0.15, 0.2) is 42.5 Å². The smallest absolute Gasteiger partial charge is 0.311 e. The first-order valence-electron chi connectivity index (χ1n) is 6.27. The molecule has 1 aromatic heterocycles. The van der Waals surface area contributed by atoms with Gasteiger partial charge in [0.1, 0.15) is 5.82 Å². The van der Waals surface area contributed by atoms with Crippen molar-refractivity contribution in [2.45, 2.75) is 12.8 Å². The van der Waals surface area contributed by atoms with E-state index in [9.17, 15) is 10.1 Å². The minimum Gasteiger partial charge on any atom is -0.384 e. The Balaban J connectivity index is 2.11. The van der Waals surface area contributed by atoms with Crippen LogP contribution in [0.3, 0.4) is 0 Å². The van der Waals surface area contributed by atoms with E-state index in [-0.39, 0.29) is 23.2 Å². The largest absolute Gasteiger partial charge is 0.384 e. The van der Waals surface area contributed by atoms with Crippen LogP contribution in [0.25, 0.3) is 0 Å². The van der Waals surface area contributed by atoms with E-state index in [2.05, 4.69) is 10.3 Å². The van der Waals surface area contributed by atoms with Crippen LogP contribution < -0.4 is 11.1 Å². The van der Waals surface area contributed by atoms with Gasteiger partial charge in [-0.2, -0.15) is 0 Å². The molecule has 0 fully saturated rings. The lowest BCUT2D eigenvalue weighted by Gasteiger charge is -2.13. The van der Waals surface area contributed by atoms with Crippen molar-refractivity contribution in [2.75, 3.05) is 17.6 Å². The zero-order valence-electron chi connectivity index (χ0n) is 11.1. The van der Waals surface area contributed by atoms with Gasteiger partial charge in [-0.1, -0.05) is 37.3 Å². The fourth-order valence-corrected chi connectivity index (χ4v) is 1.89. The zero-order chi connectivity index (χ0) is 14.5. The lowest BCUT2D eigenvalue weighted by molar-refractivity contribution is -0.384. The van der Waals surface area contributed by atoms with Gasteiger partial charge in [-0.15, -0.1) is 0 Å². The number of nitrogens with zero attached hydrogens (tertiary/aromatic N) is 2. The second-order valence-corrected chi connectivity index (χ2v) is 4.55. The van der Waals surface area contributed by atoms with Crippen LogP contribution in [0.4, 0.5) is 17.3 Å². The molecule has 0 aliphatic rings. The van der Waals surface area contributed by atoms with Crippen molar-refractivity contribution in [1.29, 1.82) is 0 Å². The summed E-state index contributed by atoms with van der Waals surface area (Å²) < 4.78 is 0. The Morgan fingerprint density at radius 1 is 1.30 bits per heavy atom. The van der Waals surface area contributed by atoms with Crippen LogP contribution in [0, 0.1) is 10.1 Å². The molecule has 3 N–H and O–H groups in total. The molecule has 1 atom stereocenters. The van der Waals surface area contributed by atoms with Crippen LogP contribution in [0.2, 0.25) is 0 Å². The van der Waals surface area contributed by atoms with Gasteiger partial charge in [-0.05, 0) is 17.5 Å². The summed E-state index contributed by atoms with van der Waals surface area (Å²) in [4.78, 5) is 14.4. The fraction of sp³-hybridized carbons (Fsp3) is 0.214. The maximum Gasteiger partial charge on any atom is 0.311 e. The van der Waals surface area contributed by atoms with Gasteiger partial charge in [0.25, 0.3) is 0 Å². The van der Waals surface area contributed by atoms with Crippen molar-refractivity contribution in [3.8, 4) is 0 Å². The lowest BCUT2D eigenvalue weighted by atomic mass is 10.0. The Morgan fingerprint density at radius 3 is 2.65 bits per heavy atom. The molecule has 0 amide bonds. The van der Waals surface area contributed by atoms with Crippen LogP contribution in [0.1, 0.15) is 18.4 Å². The first-order chi connectivity index (χ1) is 9.58. The van der Waals surface area contributed by atoms with Crippen molar-refractivity contribution in [3.63, 3.8) is 0 Å². The summed E-state index contributed by atoms with van der Waals surface area (Å²) in [6.45, 7) is 2.59. The molecule has 6 heteroatoms. The summed E-state index contributed by atoms with van der Waals surface area (Å²) in [5.41, 5.74) is 6.66. The zero-order valence-corrected chi connectivity index (χ0v) is 11.1. The molecule has 20 heavy (non-hydrogen) atoms. The number of nitrogen functional groups attached to an aromatic ring is 1. The minimum atomic E-state index is -0.470. The molecule has 2 rings (SSSR count). The van der Waals surface area contributed by atoms with E-state index in [1.54, 1.807) is 0 Å². The Bertz CT molecular complexity index is 601. The summed E-state index contributed by atoms with van der Waals surface area (Å²) in [5.74, 6) is 0.669. The molecular formula is C14H16N4O2. The second kappa shape index (κ2) is 6.01. The topological polar surface area (TPSA) is 94.1 Å². The van der Waals surface area contributed by atoms with Gasteiger partial charge in [0, 0.05) is 12.6 Å². The molecule has 0 bridgehead atoms. The Kier molecular flexibility index (Phi) is 4.14. The number of hydrogen-bond acceptors (Lipinski definition) is 5. The Morgan fingerprint density at radius 2 is 2.00 bits per heavy atom. The molecule has 0 saturated heterocycles. The van der Waals surface area contributed by atoms with E-state index >= 15 is 0 Å². The van der Waals surface area contributed by atoms with Crippen molar-refractivity contribution >= 4 is 17.3 Å². The average Bonchev–Trinajstić information content (AvgIpc) is 2.45. The summed E-state index contributed by atoms with van der Waals surface area (Å²) in [6.07, 6.45) is 0. The van der Waals surface area contributed by atoms with Crippen molar-refractivity contribution < 1.29 is 4.92 Å². The standard InChI is InChI=1S/C14H16N4O2/c1-10(11-5-3-2-4-6-11)9-16-14-12(18(19)20)7-8-13(15)17-14/h2-8,10H,9H2,1H3,(H3,15,16,17). The molecule has 1 aromatic carbocycles. The molecule has 2 aromatic rings. The summed E-state index contributed by atoms with van der Waals surface area (Å²) in [5, 5.41) is 13.9. The predicted molar refractivity (Wildman–Crippen MR) is 78.7 cm³/mol. The summed E-state index contributed by atoms with van der Waals surface area (Å²) in [6, 6.07) is 12.7. The summed E-state index contributed by atoms with van der Waals surface area (Å²) >= 11 is 0. The number of pyridine rings is 1. The Labute approximate surface area is 116 Å². The number of aromatic nitrogens is 1. The van der Waals surface area contributed by atoms with Gasteiger partial charge in [-0.3, -0.25) is 10.1 Å². The first kappa shape index (κ1) is 13.8. The average molecular weight is 272 g/mol. The third-order valence-electron chi connectivity index (χ3n) is 3.04. The van der Waals surface area contributed by atoms with Crippen LogP contribution >= 0.6 is 0 Å². The van der Waals surface area contributed by atoms with Crippen molar-refractivity contribution in [2.24, 2.45) is 0 Å². The number of nitro groups is 1. The third-order valence-corrected chi connectivity index (χ3v) is 3.04. The molecule has 0 spiro atoms. The number of rotatable bonds is 5. The highest BCUT2D eigenvalue weighted by Gasteiger charge is 2.16. The second-order valence-electron chi connectivity index (χ2n) is 4.55. The van der Waals surface area contributed by atoms with E-state index in [1.165, 1.54) is 12.1 Å². The highest BCUT2D eigenvalue weighted by Crippen LogP contribution is 2.24. The van der Waals surface area contributed by atoms with Crippen molar-refractivity contribution in [3.05, 3.63) is 58.1 Å². The van der Waals surface area contributed by atoms with Gasteiger partial charge in [-0.25, -0.2) is 4.98 Å². The highest BCUT2D eigenvalue weighted by molar-refractivity contribution is 5.59. The number of anilines is 2. The highest BCUT2D eigenvalue weighted by atomic mass is 16.6. The number of nitrogens with one attached hydrogen (secondary N) is 1. The Hall–Kier alpha value is -2.63. The monoisotopic (exact) mass is 272 g/mol. The van der Waals surface area contributed by atoms with E-state index in [0.29, 0.717) is 6.54 Å². The lowest BCUT2D eigenvalue weighted by Crippen LogP contribution is -2.12. The minimum absolute atomic E-state index is 0.0699. The first-order valence-corrected chi connectivity index (χ1v) is 6.27. The van der Waals surface area contributed by atoms with Crippen LogP contribution in [-0.4, -0.2) is 16.5 Å². The molecule has 1 unspecified atom stereocenters. The SMILES string of the molecule is CC(CNc1nc(N)ccc1[N+](=O)[O-])c1ccccc1. The predicted octanol–water partition coefficient (Wildman–Crippen LogP) is 2.79. The van der Waals surface area contributed by atoms with Gasteiger partial charge in [0.05, 0.1) is 4.92 Å². The number of benzene rings is 1. The molecule has 0 saturated carbocycles. The van der Waals surface area contributed by atoms with Gasteiger partial charge in [0.2, 0.25) is 5.82 Å². The molecule has 0 aliphatic heterocycles. The van der Waals surface area contributed by atoms with Crippen molar-refractivity contribution in [1.82, 2.24) is 4.98 Å². The maximum absolute atomic E-state index is 10.9. The van der Waals surface area contributed by atoms with E-state index < -0.39 is 4.92 Å². The molecule has 0 radical (unpaired) electrons. The van der Waals surface area contributed by atoms with E-state index in [4.69, 9.17) is 5.73 Å². The number of nitrogens with two attached hydrogens (primary N) is 1. The summed E-state index contributed by atoms with van der Waals surface area (Å²) in [7, 11) is 0. The molecular weight excluding hydrogens is 256 g/mol. The molecule has 0 aliphatic carbocycles. The van der Waals surface area contributed by atoms with Crippen LogP contribution in [-0.2, 0) is 0 Å². The van der Waals surface area contributed by atoms with Gasteiger partial charge in [0.15, 0.2) is 0 Å². The number of hydrogen-bond donors (Lipinski definition) is 2. The normalized spacial score (nSPS) is 11.8. The maximum atomic E-state index is 10.9. The third kappa shape index (κ3) is 3.23. The fourth-order valence-electron chi connectivity index (χ4n) is 1.89. The van der Waals surface area contributed by atoms with Gasteiger partial charge < -0.3 is 11.1 Å². The molecule has 1 heterocycles. The van der Waals surface area contributed by atoms with E-state index in [1.807, 2.05) is 37.3 Å². The quantitative estimate of drug-likeness (QED) is 0.644. The van der Waals surface area contributed by atoms with Crippen LogP contribution in [0.5, 0.6) is 0 Å². The molecule has 104 valence electrons. The molecule has 6 nitrogen and oxygen atoms in total. The van der Waals surface area contributed by atoms with Gasteiger partial charge >= 0.3 is 5.69 Å². The van der Waals surface area contributed by atoms with E-state index in [0.717, 1.165) is 5.56 Å².